The van der Waals surface area contributed by atoms with Gasteiger partial charge in [-0.15, -0.1) is 0 Å². The molecule has 0 aliphatic carbocycles. The Labute approximate surface area is 103 Å². The molecule has 1 rings (SSSR count). The third-order valence-electron chi connectivity index (χ3n) is 2.27. The molecule has 0 unspecified atom stereocenters. The van der Waals surface area contributed by atoms with E-state index >= 15 is 0 Å². The minimum Gasteiger partial charge on any atom is -0.372 e. The van der Waals surface area contributed by atoms with Crippen LogP contribution >= 0.6 is 0 Å². The molecule has 0 N–H and O–H groups in total. The number of ether oxygens (including phenoxy) is 1. The molecule has 0 fully saturated rings. The third kappa shape index (κ3) is 5.31. The molecule has 0 radical (unpaired) electrons. The predicted octanol–water partition coefficient (Wildman–Crippen LogP) is 1.81. The third-order valence-corrected chi connectivity index (χ3v) is 2.27. The predicted molar refractivity (Wildman–Crippen MR) is 58.1 cm³/mol. The molecule has 0 spiro atoms. The molecular formula is C11H15F3N2O2. The van der Waals surface area contributed by atoms with Gasteiger partial charge in [0, 0.05) is 25.6 Å². The van der Waals surface area contributed by atoms with Gasteiger partial charge in [-0.1, -0.05) is 0 Å². The van der Waals surface area contributed by atoms with Crippen LogP contribution in [0.25, 0.3) is 0 Å². The van der Waals surface area contributed by atoms with Gasteiger partial charge in [0.1, 0.15) is 12.4 Å². The van der Waals surface area contributed by atoms with Gasteiger partial charge in [0.05, 0.1) is 12.3 Å². The van der Waals surface area contributed by atoms with Gasteiger partial charge >= 0.3 is 6.18 Å². The Hall–Kier alpha value is -1.37. The number of carbonyl (C=O) groups is 1. The van der Waals surface area contributed by atoms with Crippen molar-refractivity contribution < 1.29 is 22.7 Å². The monoisotopic (exact) mass is 264 g/mol. The van der Waals surface area contributed by atoms with Crippen LogP contribution in [-0.2, 0) is 23.0 Å². The smallest absolute Gasteiger partial charge is 0.372 e. The first kappa shape index (κ1) is 14.7. The van der Waals surface area contributed by atoms with Gasteiger partial charge < -0.3 is 4.74 Å². The molecule has 0 saturated carbocycles. The van der Waals surface area contributed by atoms with E-state index in [0.29, 0.717) is 0 Å². The molecule has 0 aliphatic heterocycles. The van der Waals surface area contributed by atoms with Gasteiger partial charge in [-0.05, 0) is 13.0 Å². The maximum absolute atomic E-state index is 11.8. The number of alkyl halides is 3. The van der Waals surface area contributed by atoms with E-state index in [4.69, 9.17) is 0 Å². The van der Waals surface area contributed by atoms with Gasteiger partial charge in [-0.25, -0.2) is 0 Å². The van der Waals surface area contributed by atoms with Crippen molar-refractivity contribution >= 4 is 5.78 Å². The highest BCUT2D eigenvalue weighted by molar-refractivity contribution is 5.80. The molecule has 1 aromatic rings. The van der Waals surface area contributed by atoms with E-state index in [1.807, 2.05) is 0 Å². The summed E-state index contributed by atoms with van der Waals surface area (Å²) in [5.74, 6) is -0.167. The average Bonchev–Trinajstić information content (AvgIpc) is 2.51. The number of hydrogen-bond acceptors (Lipinski definition) is 3. The topological polar surface area (TPSA) is 44.1 Å². The summed E-state index contributed by atoms with van der Waals surface area (Å²) in [6, 6.07) is 1.77. The molecule has 0 atom stereocenters. The van der Waals surface area contributed by atoms with Gasteiger partial charge in [0.25, 0.3) is 0 Å². The van der Waals surface area contributed by atoms with Gasteiger partial charge in [0.15, 0.2) is 0 Å². The van der Waals surface area contributed by atoms with Crippen LogP contribution < -0.4 is 0 Å². The fourth-order valence-electron chi connectivity index (χ4n) is 1.49. The lowest BCUT2D eigenvalue weighted by Crippen LogP contribution is -2.18. The molecule has 1 aromatic heterocycles. The fourth-order valence-corrected chi connectivity index (χ4v) is 1.49. The van der Waals surface area contributed by atoms with Crippen LogP contribution in [0.2, 0.25) is 0 Å². The standard InChI is InChI=1S/C11H15F3N2O2/c1-8-5-9(16(2)15-8)6-10(17)3-4-18-7-11(12,13)14/h5H,3-4,6-7H2,1-2H3. The van der Waals surface area contributed by atoms with Crippen LogP contribution in [0.4, 0.5) is 13.2 Å². The summed E-state index contributed by atoms with van der Waals surface area (Å²) in [6.07, 6.45) is -4.21. The zero-order chi connectivity index (χ0) is 13.8. The molecule has 0 amide bonds. The van der Waals surface area contributed by atoms with Crippen molar-refractivity contribution in [3.05, 3.63) is 17.5 Å². The number of nitrogens with zero attached hydrogens (tertiary/aromatic N) is 2. The van der Waals surface area contributed by atoms with Gasteiger partial charge in [0.2, 0.25) is 0 Å². The Bertz CT molecular complexity index is 413. The van der Waals surface area contributed by atoms with E-state index < -0.39 is 12.8 Å². The highest BCUT2D eigenvalue weighted by atomic mass is 19.4. The van der Waals surface area contributed by atoms with Crippen LogP contribution in [0.15, 0.2) is 6.07 Å². The first-order valence-electron chi connectivity index (χ1n) is 5.43. The Morgan fingerprint density at radius 3 is 2.67 bits per heavy atom. The Kier molecular flexibility index (Phi) is 4.89. The number of carbonyl (C=O) groups excluding carboxylic acids is 1. The number of ketones is 1. The number of hydrogen-bond donors (Lipinski definition) is 0. The normalized spacial score (nSPS) is 11.8. The van der Waals surface area contributed by atoms with E-state index in [0.717, 1.165) is 11.4 Å². The zero-order valence-corrected chi connectivity index (χ0v) is 10.3. The molecule has 102 valence electrons. The largest absolute Gasteiger partial charge is 0.411 e. The first-order chi connectivity index (χ1) is 8.28. The van der Waals surface area contributed by atoms with Crippen molar-refractivity contribution in [2.75, 3.05) is 13.2 Å². The van der Waals surface area contributed by atoms with E-state index in [1.54, 1.807) is 24.7 Å². The lowest BCUT2D eigenvalue weighted by Gasteiger charge is -2.07. The second kappa shape index (κ2) is 5.99. The van der Waals surface area contributed by atoms with Crippen LogP contribution in [0, 0.1) is 6.92 Å². The van der Waals surface area contributed by atoms with Gasteiger partial charge in [-0.3, -0.25) is 9.48 Å². The summed E-state index contributed by atoms with van der Waals surface area (Å²) in [5.41, 5.74) is 1.54. The van der Waals surface area contributed by atoms with Crippen LogP contribution in [-0.4, -0.2) is 35.0 Å². The average molecular weight is 264 g/mol. The Morgan fingerprint density at radius 1 is 1.50 bits per heavy atom. The number of halogens is 3. The molecule has 0 bridgehead atoms. The molecule has 0 aromatic carbocycles. The first-order valence-corrected chi connectivity index (χ1v) is 5.43. The van der Waals surface area contributed by atoms with E-state index in [1.165, 1.54) is 0 Å². The lowest BCUT2D eigenvalue weighted by molar-refractivity contribution is -0.174. The van der Waals surface area contributed by atoms with Crippen molar-refractivity contribution in [1.82, 2.24) is 9.78 Å². The number of aromatic nitrogens is 2. The maximum Gasteiger partial charge on any atom is 0.411 e. The summed E-state index contributed by atoms with van der Waals surface area (Å²) < 4.78 is 41.2. The lowest BCUT2D eigenvalue weighted by atomic mass is 10.1. The summed E-state index contributed by atoms with van der Waals surface area (Å²) in [4.78, 5) is 11.5. The summed E-state index contributed by atoms with van der Waals surface area (Å²) in [6.45, 7) is 0.278. The molecule has 18 heavy (non-hydrogen) atoms. The van der Waals surface area contributed by atoms with Gasteiger partial charge in [-0.2, -0.15) is 18.3 Å². The minimum absolute atomic E-state index is 0.0275. The maximum atomic E-state index is 11.8. The van der Waals surface area contributed by atoms with Crippen LogP contribution in [0.3, 0.4) is 0 Å². The minimum atomic E-state index is -4.35. The molecule has 0 aliphatic rings. The van der Waals surface area contributed by atoms with E-state index in [9.17, 15) is 18.0 Å². The second-order valence-corrected chi connectivity index (χ2v) is 4.03. The molecular weight excluding hydrogens is 249 g/mol. The Balaban J connectivity index is 2.28. The van der Waals surface area contributed by atoms with Crippen molar-refractivity contribution in [3.63, 3.8) is 0 Å². The highest BCUT2D eigenvalue weighted by Crippen LogP contribution is 2.14. The van der Waals surface area contributed by atoms with Crippen molar-refractivity contribution in [3.8, 4) is 0 Å². The summed E-state index contributed by atoms with van der Waals surface area (Å²) in [7, 11) is 1.72. The molecule has 0 saturated heterocycles. The number of rotatable bonds is 6. The molecule has 1 heterocycles. The molecule has 7 heteroatoms. The number of Topliss-reactive ketones (excluding diaryl/α,β-unsaturated/α-hetero) is 1. The second-order valence-electron chi connectivity index (χ2n) is 4.03. The van der Waals surface area contributed by atoms with E-state index in [-0.39, 0.29) is 25.2 Å². The van der Waals surface area contributed by atoms with Crippen molar-refractivity contribution in [2.24, 2.45) is 7.05 Å². The fraction of sp³-hybridized carbons (Fsp3) is 0.636. The number of aryl methyl sites for hydroxylation is 2. The SMILES string of the molecule is Cc1cc(CC(=O)CCOCC(F)(F)F)n(C)n1. The summed E-state index contributed by atoms with van der Waals surface area (Å²) >= 11 is 0. The van der Waals surface area contributed by atoms with E-state index in [2.05, 4.69) is 9.84 Å². The zero-order valence-electron chi connectivity index (χ0n) is 10.3. The van der Waals surface area contributed by atoms with Crippen molar-refractivity contribution in [1.29, 1.82) is 0 Å². The Morgan fingerprint density at radius 2 is 2.17 bits per heavy atom. The molecule has 4 nitrogen and oxygen atoms in total. The van der Waals surface area contributed by atoms with Crippen LogP contribution in [0.1, 0.15) is 17.8 Å². The van der Waals surface area contributed by atoms with Crippen LogP contribution in [0.5, 0.6) is 0 Å². The van der Waals surface area contributed by atoms with Crippen molar-refractivity contribution in [2.45, 2.75) is 25.9 Å². The highest BCUT2D eigenvalue weighted by Gasteiger charge is 2.27. The summed E-state index contributed by atoms with van der Waals surface area (Å²) in [5, 5.41) is 4.08. The quantitative estimate of drug-likeness (QED) is 0.736.